The first kappa shape index (κ1) is 22.2. The number of anilines is 1. The molecule has 1 heterocycles. The number of guanidine groups is 1. The Kier molecular flexibility index (Phi) is 8.12. The number of nitrogens with one attached hydrogen (secondary N) is 1. The van der Waals surface area contributed by atoms with Crippen molar-refractivity contribution < 1.29 is 4.74 Å². The summed E-state index contributed by atoms with van der Waals surface area (Å²) < 4.78 is 6.68. The van der Waals surface area contributed by atoms with Gasteiger partial charge < -0.3 is 15.8 Å². The fraction of sp³-hybridized carbons (Fsp3) is 0.381. The van der Waals surface area contributed by atoms with Crippen molar-refractivity contribution in [3.05, 3.63) is 63.6 Å². The summed E-state index contributed by atoms with van der Waals surface area (Å²) in [5.74, 6) is 0.456. The molecule has 0 bridgehead atoms. The van der Waals surface area contributed by atoms with Crippen LogP contribution in [-0.4, -0.2) is 25.7 Å². The molecular formula is C21H27BrIN3O. The van der Waals surface area contributed by atoms with Gasteiger partial charge in [-0.1, -0.05) is 34.1 Å². The van der Waals surface area contributed by atoms with Crippen molar-refractivity contribution in [2.24, 2.45) is 10.7 Å². The number of nitrogens with zero attached hydrogens (tertiary/aromatic N) is 1. The predicted octanol–water partition coefficient (Wildman–Crippen LogP) is 5.16. The number of benzene rings is 2. The Morgan fingerprint density at radius 2 is 1.70 bits per heavy atom. The molecule has 1 aliphatic heterocycles. The summed E-state index contributed by atoms with van der Waals surface area (Å²) in [5, 5.41) is 3.23. The highest BCUT2D eigenvalue weighted by Gasteiger charge is 2.34. The Morgan fingerprint density at radius 3 is 2.30 bits per heavy atom. The van der Waals surface area contributed by atoms with E-state index in [1.165, 1.54) is 16.7 Å². The molecule has 146 valence electrons. The summed E-state index contributed by atoms with van der Waals surface area (Å²) >= 11 is 3.52. The van der Waals surface area contributed by atoms with Crippen LogP contribution in [0.15, 0.2) is 51.9 Å². The largest absolute Gasteiger partial charge is 0.381 e. The highest BCUT2D eigenvalue weighted by atomic mass is 127. The van der Waals surface area contributed by atoms with E-state index < -0.39 is 0 Å². The van der Waals surface area contributed by atoms with E-state index in [9.17, 15) is 0 Å². The number of hydrogen-bond donors (Lipinski definition) is 2. The second-order valence-corrected chi connectivity index (χ2v) is 8.02. The quantitative estimate of drug-likeness (QED) is 0.318. The smallest absolute Gasteiger partial charge is 0.193 e. The van der Waals surface area contributed by atoms with Gasteiger partial charge in [0, 0.05) is 28.8 Å². The minimum atomic E-state index is -0.0201. The monoisotopic (exact) mass is 543 g/mol. The van der Waals surface area contributed by atoms with Gasteiger partial charge in [0.25, 0.3) is 0 Å². The lowest BCUT2D eigenvalue weighted by atomic mass is 9.74. The van der Waals surface area contributed by atoms with Gasteiger partial charge in [-0.15, -0.1) is 24.0 Å². The Hall–Kier alpha value is -1.12. The number of halogens is 2. The molecule has 2 aromatic rings. The zero-order valence-electron chi connectivity index (χ0n) is 15.8. The van der Waals surface area contributed by atoms with Crippen LogP contribution < -0.4 is 11.1 Å². The van der Waals surface area contributed by atoms with Crippen LogP contribution in [-0.2, 0) is 10.2 Å². The maximum atomic E-state index is 6.18. The molecule has 0 saturated carbocycles. The fourth-order valence-corrected chi connectivity index (χ4v) is 3.84. The van der Waals surface area contributed by atoms with Crippen molar-refractivity contribution in [3.63, 3.8) is 0 Å². The highest BCUT2D eigenvalue weighted by molar-refractivity contribution is 14.0. The predicted molar refractivity (Wildman–Crippen MR) is 127 cm³/mol. The third kappa shape index (κ3) is 5.93. The Labute approximate surface area is 187 Å². The minimum Gasteiger partial charge on any atom is -0.381 e. The van der Waals surface area contributed by atoms with Crippen LogP contribution in [0.5, 0.6) is 0 Å². The highest BCUT2D eigenvalue weighted by Crippen LogP contribution is 2.35. The zero-order valence-corrected chi connectivity index (χ0v) is 19.7. The van der Waals surface area contributed by atoms with Crippen molar-refractivity contribution in [2.45, 2.75) is 32.1 Å². The summed E-state index contributed by atoms with van der Waals surface area (Å²) in [6, 6.07) is 14.8. The van der Waals surface area contributed by atoms with Gasteiger partial charge in [0.1, 0.15) is 0 Å². The molecule has 0 unspecified atom stereocenters. The Bertz CT molecular complexity index is 766. The molecule has 27 heavy (non-hydrogen) atoms. The van der Waals surface area contributed by atoms with Gasteiger partial charge in [-0.2, -0.15) is 0 Å². The molecule has 0 radical (unpaired) electrons. The van der Waals surface area contributed by atoms with Crippen LogP contribution in [0.25, 0.3) is 0 Å². The summed E-state index contributed by atoms with van der Waals surface area (Å²) in [7, 11) is 0. The van der Waals surface area contributed by atoms with Gasteiger partial charge in [-0.05, 0) is 67.6 Å². The van der Waals surface area contributed by atoms with Crippen molar-refractivity contribution >= 4 is 51.6 Å². The molecule has 0 spiro atoms. The van der Waals surface area contributed by atoms with Crippen molar-refractivity contribution in [1.82, 2.24) is 0 Å². The van der Waals surface area contributed by atoms with E-state index in [2.05, 4.69) is 82.6 Å². The topological polar surface area (TPSA) is 59.6 Å². The average Bonchev–Trinajstić information content (AvgIpc) is 2.60. The van der Waals surface area contributed by atoms with Crippen LogP contribution in [0, 0.1) is 13.8 Å². The molecule has 1 aliphatic rings. The third-order valence-electron chi connectivity index (χ3n) is 4.95. The first-order valence-electron chi connectivity index (χ1n) is 8.96. The molecule has 0 amide bonds. The van der Waals surface area contributed by atoms with Crippen molar-refractivity contribution in [3.8, 4) is 0 Å². The number of aliphatic imine (C=N–C) groups is 1. The van der Waals surface area contributed by atoms with Crippen molar-refractivity contribution in [1.29, 1.82) is 0 Å². The van der Waals surface area contributed by atoms with E-state index >= 15 is 0 Å². The van der Waals surface area contributed by atoms with Gasteiger partial charge in [0.2, 0.25) is 0 Å². The van der Waals surface area contributed by atoms with Gasteiger partial charge in [-0.3, -0.25) is 4.99 Å². The second-order valence-electron chi connectivity index (χ2n) is 7.10. The Balaban J connectivity index is 0.00000261. The van der Waals surface area contributed by atoms with E-state index in [0.717, 1.165) is 36.2 Å². The molecule has 1 saturated heterocycles. The number of nitrogens with two attached hydrogens (primary N) is 1. The van der Waals surface area contributed by atoms with Crippen LogP contribution in [0.1, 0.15) is 29.5 Å². The standard InChI is InChI=1S/C21H26BrN3O.HI/c1-15-11-16(2)13-19(12-15)25-20(23)24-14-21(7-9-26-10-8-21)17-3-5-18(22)6-4-17;/h3-6,11-13H,7-10,14H2,1-2H3,(H3,23,24,25);1H. The molecule has 0 aromatic heterocycles. The molecule has 2 aromatic carbocycles. The van der Waals surface area contributed by atoms with E-state index in [4.69, 9.17) is 10.5 Å². The summed E-state index contributed by atoms with van der Waals surface area (Å²) in [6.07, 6.45) is 1.91. The lowest BCUT2D eigenvalue weighted by molar-refractivity contribution is 0.0531. The molecule has 3 N–H and O–H groups in total. The molecule has 4 nitrogen and oxygen atoms in total. The fourth-order valence-electron chi connectivity index (χ4n) is 3.57. The van der Waals surface area contributed by atoms with Gasteiger partial charge in [-0.25, -0.2) is 0 Å². The first-order chi connectivity index (χ1) is 12.5. The normalized spacial score (nSPS) is 16.5. The number of ether oxygens (including phenoxy) is 1. The van der Waals surface area contributed by atoms with E-state index in [0.29, 0.717) is 12.5 Å². The lowest BCUT2D eigenvalue weighted by Crippen LogP contribution is -2.38. The van der Waals surface area contributed by atoms with Crippen LogP contribution in [0.2, 0.25) is 0 Å². The van der Waals surface area contributed by atoms with Gasteiger partial charge in [0.05, 0.1) is 6.54 Å². The average molecular weight is 544 g/mol. The minimum absolute atomic E-state index is 0. The molecule has 3 rings (SSSR count). The van der Waals surface area contributed by atoms with E-state index in [-0.39, 0.29) is 29.4 Å². The molecule has 0 aliphatic carbocycles. The lowest BCUT2D eigenvalue weighted by Gasteiger charge is -2.36. The number of rotatable bonds is 4. The van der Waals surface area contributed by atoms with Gasteiger partial charge in [0.15, 0.2) is 5.96 Å². The Morgan fingerprint density at radius 1 is 1.11 bits per heavy atom. The molecule has 1 fully saturated rings. The van der Waals surface area contributed by atoms with Crippen LogP contribution in [0.4, 0.5) is 5.69 Å². The van der Waals surface area contributed by atoms with Crippen LogP contribution in [0.3, 0.4) is 0 Å². The summed E-state index contributed by atoms with van der Waals surface area (Å²) in [6.45, 7) is 6.33. The van der Waals surface area contributed by atoms with Crippen LogP contribution >= 0.6 is 39.9 Å². The molecule has 0 atom stereocenters. The number of hydrogen-bond acceptors (Lipinski definition) is 2. The molecular weight excluding hydrogens is 517 g/mol. The SMILES string of the molecule is Cc1cc(C)cc(NC(N)=NCC2(c3ccc(Br)cc3)CCOCC2)c1.I. The van der Waals surface area contributed by atoms with E-state index in [1.807, 2.05) is 0 Å². The second kappa shape index (κ2) is 9.89. The number of aryl methyl sites for hydroxylation is 2. The first-order valence-corrected chi connectivity index (χ1v) is 9.75. The summed E-state index contributed by atoms with van der Waals surface area (Å²) in [4.78, 5) is 4.69. The van der Waals surface area contributed by atoms with Gasteiger partial charge >= 0.3 is 0 Å². The molecule has 6 heteroatoms. The van der Waals surface area contributed by atoms with Crippen molar-refractivity contribution in [2.75, 3.05) is 25.1 Å². The van der Waals surface area contributed by atoms with E-state index in [1.54, 1.807) is 0 Å². The maximum absolute atomic E-state index is 6.18. The maximum Gasteiger partial charge on any atom is 0.193 e. The third-order valence-corrected chi connectivity index (χ3v) is 5.48. The summed E-state index contributed by atoms with van der Waals surface area (Å²) in [5.41, 5.74) is 10.9. The zero-order chi connectivity index (χ0) is 18.6.